The Morgan fingerprint density at radius 2 is 2.12 bits per heavy atom. The Morgan fingerprint density at radius 3 is 2.81 bits per heavy atom. The molecule has 96 valence electrons. The highest BCUT2D eigenvalue weighted by Gasteiger charge is 2.17. The third-order valence-electron chi connectivity index (χ3n) is 3.91. The molecule has 1 N–H and O–H groups in total. The molecular weight excluding hydrogens is 196 g/mol. The average molecular weight is 226 g/mol. The minimum Gasteiger partial charge on any atom is -0.314 e. The van der Waals surface area contributed by atoms with Crippen molar-refractivity contribution in [3.63, 3.8) is 0 Å². The second kappa shape index (κ2) is 8.08. The summed E-state index contributed by atoms with van der Waals surface area (Å²) in [5.41, 5.74) is 0. The van der Waals surface area contributed by atoms with Crippen molar-refractivity contribution in [2.24, 2.45) is 0 Å². The van der Waals surface area contributed by atoms with Crippen molar-refractivity contribution >= 4 is 0 Å². The maximum absolute atomic E-state index is 3.65. The molecule has 0 aromatic rings. The van der Waals surface area contributed by atoms with Crippen LogP contribution in [0.5, 0.6) is 0 Å². The van der Waals surface area contributed by atoms with Crippen molar-refractivity contribution in [3.8, 4) is 0 Å². The first-order chi connectivity index (χ1) is 7.77. The predicted molar refractivity (Wildman–Crippen MR) is 71.9 cm³/mol. The lowest BCUT2D eigenvalue weighted by molar-refractivity contribution is 0.171. The molecule has 0 aromatic carbocycles. The largest absolute Gasteiger partial charge is 0.314 e. The standard InChI is InChI=1S/C14H30N2/c1-4-6-8-13(3)16-11-7-10-15-14(5-2)9-12-16/h13-15H,4-12H2,1-3H3. The van der Waals surface area contributed by atoms with E-state index in [1.54, 1.807) is 0 Å². The summed E-state index contributed by atoms with van der Waals surface area (Å²) in [5, 5.41) is 3.65. The van der Waals surface area contributed by atoms with Crippen LogP contribution in [-0.4, -0.2) is 36.6 Å². The molecule has 0 amide bonds. The van der Waals surface area contributed by atoms with Gasteiger partial charge in [0.15, 0.2) is 0 Å². The van der Waals surface area contributed by atoms with Crippen LogP contribution >= 0.6 is 0 Å². The van der Waals surface area contributed by atoms with Crippen LogP contribution in [0.25, 0.3) is 0 Å². The van der Waals surface area contributed by atoms with Crippen LogP contribution in [0.15, 0.2) is 0 Å². The molecule has 1 aliphatic rings. The zero-order valence-electron chi connectivity index (χ0n) is 11.5. The average Bonchev–Trinajstić information content (AvgIpc) is 2.26. The smallest absolute Gasteiger partial charge is 0.00766 e. The third kappa shape index (κ3) is 4.84. The Morgan fingerprint density at radius 1 is 1.31 bits per heavy atom. The molecule has 0 aliphatic carbocycles. The zero-order chi connectivity index (χ0) is 11.8. The summed E-state index contributed by atoms with van der Waals surface area (Å²) in [7, 11) is 0. The van der Waals surface area contributed by atoms with E-state index in [9.17, 15) is 0 Å². The van der Waals surface area contributed by atoms with E-state index in [1.807, 2.05) is 0 Å². The van der Waals surface area contributed by atoms with Gasteiger partial charge in [-0.05, 0) is 52.2 Å². The summed E-state index contributed by atoms with van der Waals surface area (Å²) < 4.78 is 0. The molecular formula is C14H30N2. The summed E-state index contributed by atoms with van der Waals surface area (Å²) in [5.74, 6) is 0. The van der Waals surface area contributed by atoms with E-state index in [0.717, 1.165) is 12.1 Å². The van der Waals surface area contributed by atoms with Crippen molar-refractivity contribution in [1.29, 1.82) is 0 Å². The number of nitrogens with one attached hydrogen (secondary N) is 1. The molecule has 1 aliphatic heterocycles. The van der Waals surface area contributed by atoms with E-state index in [4.69, 9.17) is 0 Å². The summed E-state index contributed by atoms with van der Waals surface area (Å²) >= 11 is 0. The highest BCUT2D eigenvalue weighted by molar-refractivity contribution is 4.75. The number of rotatable bonds is 5. The van der Waals surface area contributed by atoms with Gasteiger partial charge in [0.2, 0.25) is 0 Å². The molecule has 0 bridgehead atoms. The second-order valence-electron chi connectivity index (χ2n) is 5.23. The molecule has 0 aromatic heterocycles. The lowest BCUT2D eigenvalue weighted by atomic mass is 10.1. The predicted octanol–water partition coefficient (Wildman–Crippen LogP) is 3.03. The molecule has 0 spiro atoms. The van der Waals surface area contributed by atoms with Gasteiger partial charge < -0.3 is 10.2 Å². The van der Waals surface area contributed by atoms with Gasteiger partial charge in [0, 0.05) is 12.1 Å². The van der Waals surface area contributed by atoms with E-state index < -0.39 is 0 Å². The topological polar surface area (TPSA) is 15.3 Å². The van der Waals surface area contributed by atoms with Gasteiger partial charge in [0.1, 0.15) is 0 Å². The van der Waals surface area contributed by atoms with Crippen molar-refractivity contribution < 1.29 is 0 Å². The van der Waals surface area contributed by atoms with Gasteiger partial charge in [-0.25, -0.2) is 0 Å². The van der Waals surface area contributed by atoms with Crippen LogP contribution in [0.3, 0.4) is 0 Å². The molecule has 1 fully saturated rings. The van der Waals surface area contributed by atoms with Crippen LogP contribution < -0.4 is 5.32 Å². The summed E-state index contributed by atoms with van der Waals surface area (Å²) in [6.07, 6.45) is 8.00. The monoisotopic (exact) mass is 226 g/mol. The van der Waals surface area contributed by atoms with Crippen molar-refractivity contribution in [2.45, 2.75) is 71.4 Å². The summed E-state index contributed by atoms with van der Waals surface area (Å²) in [4.78, 5) is 2.71. The van der Waals surface area contributed by atoms with Gasteiger partial charge in [0.05, 0.1) is 0 Å². The van der Waals surface area contributed by atoms with Crippen molar-refractivity contribution in [3.05, 3.63) is 0 Å². The maximum Gasteiger partial charge on any atom is 0.00766 e. The first-order valence-corrected chi connectivity index (χ1v) is 7.25. The van der Waals surface area contributed by atoms with Crippen molar-refractivity contribution in [1.82, 2.24) is 10.2 Å². The Hall–Kier alpha value is -0.0800. The van der Waals surface area contributed by atoms with E-state index in [0.29, 0.717) is 0 Å². The van der Waals surface area contributed by atoms with Crippen molar-refractivity contribution in [2.75, 3.05) is 19.6 Å². The highest BCUT2D eigenvalue weighted by Crippen LogP contribution is 2.12. The molecule has 0 radical (unpaired) electrons. The Balaban J connectivity index is 2.33. The van der Waals surface area contributed by atoms with Crippen LogP contribution in [-0.2, 0) is 0 Å². The van der Waals surface area contributed by atoms with E-state index in [1.165, 1.54) is 58.2 Å². The van der Waals surface area contributed by atoms with Gasteiger partial charge >= 0.3 is 0 Å². The molecule has 0 saturated carbocycles. The molecule has 16 heavy (non-hydrogen) atoms. The number of hydrogen-bond acceptors (Lipinski definition) is 2. The van der Waals surface area contributed by atoms with Crippen LogP contribution in [0.2, 0.25) is 0 Å². The summed E-state index contributed by atoms with van der Waals surface area (Å²) in [6.45, 7) is 10.8. The SMILES string of the molecule is CCCCC(C)N1CCCNC(CC)CC1. The van der Waals surface area contributed by atoms with E-state index in [-0.39, 0.29) is 0 Å². The summed E-state index contributed by atoms with van der Waals surface area (Å²) in [6, 6.07) is 1.54. The van der Waals surface area contributed by atoms with E-state index >= 15 is 0 Å². The van der Waals surface area contributed by atoms with Crippen LogP contribution in [0, 0.1) is 0 Å². The zero-order valence-corrected chi connectivity index (χ0v) is 11.5. The Labute approximate surface area is 102 Å². The van der Waals surface area contributed by atoms with Gasteiger partial charge in [-0.2, -0.15) is 0 Å². The fourth-order valence-electron chi connectivity index (χ4n) is 2.60. The molecule has 2 heteroatoms. The third-order valence-corrected chi connectivity index (χ3v) is 3.91. The number of hydrogen-bond donors (Lipinski definition) is 1. The molecule has 1 rings (SSSR count). The highest BCUT2D eigenvalue weighted by atomic mass is 15.2. The normalized spacial score (nSPS) is 26.1. The Bertz CT molecular complexity index is 170. The molecule has 1 saturated heterocycles. The van der Waals surface area contributed by atoms with Gasteiger partial charge in [-0.15, -0.1) is 0 Å². The quantitative estimate of drug-likeness (QED) is 0.775. The molecule has 2 nitrogen and oxygen atoms in total. The molecule has 2 atom stereocenters. The fourth-order valence-corrected chi connectivity index (χ4v) is 2.60. The Kier molecular flexibility index (Phi) is 7.06. The van der Waals surface area contributed by atoms with E-state index in [2.05, 4.69) is 31.0 Å². The fraction of sp³-hybridized carbons (Fsp3) is 1.00. The van der Waals surface area contributed by atoms with Crippen LogP contribution in [0.4, 0.5) is 0 Å². The van der Waals surface area contributed by atoms with Gasteiger partial charge in [-0.1, -0.05) is 26.7 Å². The van der Waals surface area contributed by atoms with Gasteiger partial charge in [0.25, 0.3) is 0 Å². The maximum atomic E-state index is 3.65. The molecule has 1 heterocycles. The van der Waals surface area contributed by atoms with Gasteiger partial charge in [-0.3, -0.25) is 0 Å². The lowest BCUT2D eigenvalue weighted by Gasteiger charge is -2.33. The lowest BCUT2D eigenvalue weighted by Crippen LogP contribution is -2.43. The minimum absolute atomic E-state index is 0.751. The first-order valence-electron chi connectivity index (χ1n) is 7.25. The minimum atomic E-state index is 0.751. The number of nitrogens with zero attached hydrogens (tertiary/aromatic N) is 1. The molecule has 2 unspecified atom stereocenters. The number of unbranched alkanes of at least 4 members (excludes halogenated alkanes) is 1. The second-order valence-corrected chi connectivity index (χ2v) is 5.23. The first kappa shape index (κ1) is 14.0. The van der Waals surface area contributed by atoms with Crippen LogP contribution in [0.1, 0.15) is 59.3 Å².